The number of nitrogens with zero attached hydrogens (tertiary/aromatic N) is 2. The fourth-order valence-corrected chi connectivity index (χ4v) is 4.86. The van der Waals surface area contributed by atoms with Gasteiger partial charge >= 0.3 is 0 Å². The molecule has 6 nitrogen and oxygen atoms in total. The molecule has 2 aliphatic rings. The molecule has 2 aromatic rings. The zero-order valence-corrected chi connectivity index (χ0v) is 18.0. The minimum Gasteiger partial charge on any atom is -0.356 e. The van der Waals surface area contributed by atoms with Crippen LogP contribution in [0.2, 0.25) is 0 Å². The Labute approximate surface area is 179 Å². The summed E-state index contributed by atoms with van der Waals surface area (Å²) in [6.45, 7) is 7.73. The second-order valence-corrected chi connectivity index (χ2v) is 8.88. The van der Waals surface area contributed by atoms with Crippen LogP contribution in [0.15, 0.2) is 30.3 Å². The Kier molecular flexibility index (Phi) is 6.72. The van der Waals surface area contributed by atoms with Crippen molar-refractivity contribution in [3.63, 3.8) is 0 Å². The predicted molar refractivity (Wildman–Crippen MR) is 119 cm³/mol. The third-order valence-corrected chi connectivity index (χ3v) is 6.86. The number of likely N-dealkylation sites (tertiary alicyclic amines) is 2. The first kappa shape index (κ1) is 20.9. The van der Waals surface area contributed by atoms with Crippen molar-refractivity contribution in [1.29, 1.82) is 0 Å². The average molecular weight is 411 g/mol. The van der Waals surface area contributed by atoms with E-state index in [4.69, 9.17) is 0 Å². The summed E-state index contributed by atoms with van der Waals surface area (Å²) in [4.78, 5) is 33.1. The molecule has 6 heteroatoms. The van der Waals surface area contributed by atoms with Crippen molar-refractivity contribution in [3.8, 4) is 0 Å². The number of carbonyl (C=O) groups excluding carboxylic acids is 2. The lowest BCUT2D eigenvalue weighted by molar-refractivity contribution is -0.126. The van der Waals surface area contributed by atoms with E-state index < -0.39 is 0 Å². The van der Waals surface area contributed by atoms with Crippen LogP contribution in [0.5, 0.6) is 0 Å². The molecule has 0 radical (unpaired) electrons. The monoisotopic (exact) mass is 410 g/mol. The number of rotatable bonds is 7. The van der Waals surface area contributed by atoms with Crippen molar-refractivity contribution in [2.24, 2.45) is 11.8 Å². The lowest BCUT2D eigenvalue weighted by atomic mass is 9.84. The van der Waals surface area contributed by atoms with Crippen LogP contribution < -0.4 is 5.32 Å². The summed E-state index contributed by atoms with van der Waals surface area (Å²) >= 11 is 0. The van der Waals surface area contributed by atoms with Gasteiger partial charge in [0, 0.05) is 36.5 Å². The number of H-pyrrole nitrogens is 1. The van der Waals surface area contributed by atoms with Gasteiger partial charge in [-0.05, 0) is 69.8 Å². The Balaban J connectivity index is 1.21. The van der Waals surface area contributed by atoms with Crippen LogP contribution in [-0.4, -0.2) is 65.9 Å². The molecule has 4 rings (SSSR count). The summed E-state index contributed by atoms with van der Waals surface area (Å²) in [5.41, 5.74) is 1.64. The lowest BCUT2D eigenvalue weighted by Crippen LogP contribution is -2.43. The molecular formula is C24H34N4O2. The van der Waals surface area contributed by atoms with Gasteiger partial charge in [0.15, 0.2) is 0 Å². The zero-order valence-electron chi connectivity index (χ0n) is 18.0. The number of aromatic amines is 1. The highest BCUT2D eigenvalue weighted by Crippen LogP contribution is 2.26. The number of aromatic nitrogens is 1. The van der Waals surface area contributed by atoms with Crippen LogP contribution in [-0.2, 0) is 4.79 Å². The number of amides is 2. The van der Waals surface area contributed by atoms with E-state index in [0.717, 1.165) is 43.3 Å². The molecule has 0 unspecified atom stereocenters. The smallest absolute Gasteiger partial charge is 0.270 e. The largest absolute Gasteiger partial charge is 0.356 e. The fraction of sp³-hybridized carbons (Fsp3) is 0.583. The van der Waals surface area contributed by atoms with E-state index in [1.54, 1.807) is 0 Å². The van der Waals surface area contributed by atoms with Crippen LogP contribution >= 0.6 is 0 Å². The van der Waals surface area contributed by atoms with Gasteiger partial charge in [-0.25, -0.2) is 0 Å². The predicted octanol–water partition coefficient (Wildman–Crippen LogP) is 3.26. The maximum atomic E-state index is 12.9. The molecule has 0 spiro atoms. The van der Waals surface area contributed by atoms with E-state index >= 15 is 0 Å². The third kappa shape index (κ3) is 4.86. The minimum absolute atomic E-state index is 0.00196. The summed E-state index contributed by atoms with van der Waals surface area (Å²) < 4.78 is 0. The van der Waals surface area contributed by atoms with Gasteiger partial charge < -0.3 is 20.1 Å². The Morgan fingerprint density at radius 2 is 1.87 bits per heavy atom. The van der Waals surface area contributed by atoms with E-state index in [9.17, 15) is 9.59 Å². The standard InChI is InChI=1S/C24H34N4O2/c1-18(23(29)25-11-6-14-27-12-4-5-13-27)19-9-15-28(16-10-19)24(30)22-17-20-7-2-3-8-21(20)26-22/h2-3,7-8,17-19,26H,4-6,9-16H2,1H3,(H,25,29)/t18-/m1/s1. The number of piperidine rings is 1. The first-order valence-electron chi connectivity index (χ1n) is 11.5. The number of para-hydroxylation sites is 1. The molecule has 0 saturated carbocycles. The summed E-state index contributed by atoms with van der Waals surface area (Å²) in [6, 6.07) is 9.89. The van der Waals surface area contributed by atoms with Gasteiger partial charge in [0.25, 0.3) is 5.91 Å². The van der Waals surface area contributed by atoms with Gasteiger partial charge in [-0.15, -0.1) is 0 Å². The number of hydrogen-bond acceptors (Lipinski definition) is 3. The van der Waals surface area contributed by atoms with Gasteiger partial charge in [-0.2, -0.15) is 0 Å². The van der Waals surface area contributed by atoms with Gasteiger partial charge in [0.05, 0.1) is 0 Å². The molecule has 2 aliphatic heterocycles. The molecule has 1 atom stereocenters. The Hall–Kier alpha value is -2.34. The topological polar surface area (TPSA) is 68.4 Å². The normalized spacial score (nSPS) is 19.3. The second-order valence-electron chi connectivity index (χ2n) is 8.88. The molecule has 3 heterocycles. The molecule has 2 fully saturated rings. The van der Waals surface area contributed by atoms with Crippen LogP contribution in [0.25, 0.3) is 10.9 Å². The summed E-state index contributed by atoms with van der Waals surface area (Å²) in [7, 11) is 0. The SMILES string of the molecule is C[C@@H](C(=O)NCCCN1CCCC1)C1CCN(C(=O)c2cc3ccccc3[nH]2)CC1. The maximum Gasteiger partial charge on any atom is 0.270 e. The third-order valence-electron chi connectivity index (χ3n) is 6.86. The second kappa shape index (κ2) is 9.65. The number of fused-ring (bicyclic) bond motifs is 1. The zero-order chi connectivity index (χ0) is 20.9. The molecule has 0 bridgehead atoms. The molecule has 0 aliphatic carbocycles. The number of nitrogens with one attached hydrogen (secondary N) is 2. The molecule has 2 amide bonds. The maximum absolute atomic E-state index is 12.9. The average Bonchev–Trinajstić information content (AvgIpc) is 3.45. The lowest BCUT2D eigenvalue weighted by Gasteiger charge is -2.34. The van der Waals surface area contributed by atoms with E-state index in [0.29, 0.717) is 24.7 Å². The number of benzene rings is 1. The number of carbonyl (C=O) groups is 2. The van der Waals surface area contributed by atoms with Gasteiger partial charge in [-0.1, -0.05) is 25.1 Å². The summed E-state index contributed by atoms with van der Waals surface area (Å²) in [5.74, 6) is 0.568. The molecular weight excluding hydrogens is 376 g/mol. The van der Waals surface area contributed by atoms with Crippen molar-refractivity contribution in [3.05, 3.63) is 36.0 Å². The van der Waals surface area contributed by atoms with Crippen LogP contribution in [0.1, 0.15) is 49.5 Å². The summed E-state index contributed by atoms with van der Waals surface area (Å²) in [6.07, 6.45) is 5.41. The first-order chi connectivity index (χ1) is 14.6. The van der Waals surface area contributed by atoms with E-state index in [1.165, 1.54) is 25.9 Å². The molecule has 1 aromatic carbocycles. The minimum atomic E-state index is 0.00196. The molecule has 2 saturated heterocycles. The van der Waals surface area contributed by atoms with Gasteiger partial charge in [-0.3, -0.25) is 9.59 Å². The van der Waals surface area contributed by atoms with Crippen molar-refractivity contribution >= 4 is 22.7 Å². The highest BCUT2D eigenvalue weighted by atomic mass is 16.2. The molecule has 1 aromatic heterocycles. The Morgan fingerprint density at radius 1 is 1.13 bits per heavy atom. The van der Waals surface area contributed by atoms with Crippen LogP contribution in [0.4, 0.5) is 0 Å². The Morgan fingerprint density at radius 3 is 2.60 bits per heavy atom. The van der Waals surface area contributed by atoms with E-state index in [-0.39, 0.29) is 17.7 Å². The molecule has 2 N–H and O–H groups in total. The van der Waals surface area contributed by atoms with Gasteiger partial charge in [0.1, 0.15) is 5.69 Å². The van der Waals surface area contributed by atoms with Crippen molar-refractivity contribution in [2.75, 3.05) is 39.3 Å². The van der Waals surface area contributed by atoms with Gasteiger partial charge in [0.2, 0.25) is 5.91 Å². The van der Waals surface area contributed by atoms with E-state index in [1.807, 2.05) is 42.2 Å². The Bertz CT molecular complexity index is 830. The van der Waals surface area contributed by atoms with Crippen molar-refractivity contribution in [1.82, 2.24) is 20.1 Å². The molecule has 30 heavy (non-hydrogen) atoms. The quantitative estimate of drug-likeness (QED) is 0.689. The fourth-order valence-electron chi connectivity index (χ4n) is 4.86. The van der Waals surface area contributed by atoms with Crippen molar-refractivity contribution < 1.29 is 9.59 Å². The first-order valence-corrected chi connectivity index (χ1v) is 11.5. The summed E-state index contributed by atoms with van der Waals surface area (Å²) in [5, 5.41) is 4.19. The molecule has 162 valence electrons. The van der Waals surface area contributed by atoms with Crippen molar-refractivity contribution in [2.45, 2.75) is 39.0 Å². The highest BCUT2D eigenvalue weighted by molar-refractivity contribution is 5.98. The highest BCUT2D eigenvalue weighted by Gasteiger charge is 2.30. The van der Waals surface area contributed by atoms with Crippen LogP contribution in [0.3, 0.4) is 0 Å². The van der Waals surface area contributed by atoms with E-state index in [2.05, 4.69) is 15.2 Å². The number of hydrogen-bond donors (Lipinski definition) is 2. The van der Waals surface area contributed by atoms with Crippen LogP contribution in [0, 0.1) is 11.8 Å².